The van der Waals surface area contributed by atoms with Gasteiger partial charge in [0.05, 0.1) is 0 Å². The van der Waals surface area contributed by atoms with E-state index in [1.807, 2.05) is 0 Å². The number of carboxylic acid groups (broad SMARTS) is 2. The predicted molar refractivity (Wildman–Crippen MR) is 50.5 cm³/mol. The number of halogens is 1. The van der Waals surface area contributed by atoms with Gasteiger partial charge in [-0.1, -0.05) is 12.1 Å². The topological polar surface area (TPSA) is 94.8 Å². The Labute approximate surface area is 89.8 Å². The highest BCUT2D eigenvalue weighted by molar-refractivity contribution is 5.93. The molecule has 0 bridgehead atoms. The molecule has 0 aromatic heterocycles. The minimum atomic E-state index is -1.70. The summed E-state index contributed by atoms with van der Waals surface area (Å²) in [5, 5.41) is 26.5. The van der Waals surface area contributed by atoms with E-state index in [2.05, 4.69) is 0 Å². The number of aromatic hydroxyl groups is 1. The highest BCUT2D eigenvalue weighted by Gasteiger charge is 2.27. The molecule has 0 aliphatic heterocycles. The normalized spacial score (nSPS) is 10.4. The van der Waals surface area contributed by atoms with Crippen molar-refractivity contribution in [3.05, 3.63) is 29.6 Å². The summed E-state index contributed by atoms with van der Waals surface area (Å²) in [5.41, 5.74) is -0.0465. The number of phenolic OH excluding ortho intramolecular Hbond substituents is 1. The Balaban J connectivity index is 2.98. The van der Waals surface area contributed by atoms with Crippen LogP contribution in [0, 0.1) is 11.7 Å². The number of hydrogen-bond acceptors (Lipinski definition) is 3. The highest BCUT2D eigenvalue weighted by Crippen LogP contribution is 2.23. The number of rotatable bonds is 4. The molecule has 86 valence electrons. The van der Waals surface area contributed by atoms with Gasteiger partial charge in [0.1, 0.15) is 0 Å². The molecule has 0 aliphatic carbocycles. The molecule has 0 amide bonds. The maximum atomic E-state index is 12.9. The van der Waals surface area contributed by atoms with Crippen LogP contribution in [0.2, 0.25) is 0 Å². The van der Waals surface area contributed by atoms with Gasteiger partial charge in [-0.15, -0.1) is 0 Å². The zero-order valence-electron chi connectivity index (χ0n) is 8.05. The van der Waals surface area contributed by atoms with Gasteiger partial charge in [-0.2, -0.15) is 0 Å². The number of carbonyl (C=O) groups is 2. The van der Waals surface area contributed by atoms with E-state index in [1.54, 1.807) is 0 Å². The molecule has 5 nitrogen and oxygen atoms in total. The minimum absolute atomic E-state index is 0.0465. The largest absolute Gasteiger partial charge is 0.505 e. The van der Waals surface area contributed by atoms with Crippen LogP contribution in [0.4, 0.5) is 4.39 Å². The standard InChI is InChI=1S/C10H9FO5/c11-7-3-1-2-5(8(7)12)4-6(9(13)14)10(15)16/h1-3,6,12H,4H2,(H,13,14)(H,15,16). The van der Waals surface area contributed by atoms with E-state index in [0.717, 1.165) is 6.07 Å². The van der Waals surface area contributed by atoms with Gasteiger partial charge in [-0.05, 0) is 11.6 Å². The molecule has 1 aromatic rings. The van der Waals surface area contributed by atoms with Gasteiger partial charge in [-0.3, -0.25) is 9.59 Å². The smallest absolute Gasteiger partial charge is 0.318 e. The highest BCUT2D eigenvalue weighted by atomic mass is 19.1. The van der Waals surface area contributed by atoms with Gasteiger partial charge < -0.3 is 15.3 Å². The number of para-hydroxylation sites is 1. The monoisotopic (exact) mass is 228 g/mol. The van der Waals surface area contributed by atoms with Crippen molar-refractivity contribution in [1.29, 1.82) is 0 Å². The molecule has 0 fully saturated rings. The van der Waals surface area contributed by atoms with E-state index in [0.29, 0.717) is 0 Å². The van der Waals surface area contributed by atoms with Crippen LogP contribution in [0.25, 0.3) is 0 Å². The number of benzene rings is 1. The summed E-state index contributed by atoms with van der Waals surface area (Å²) in [6, 6.07) is 3.54. The molecule has 0 atom stereocenters. The van der Waals surface area contributed by atoms with E-state index in [-0.39, 0.29) is 5.56 Å². The Morgan fingerprint density at radius 1 is 1.25 bits per heavy atom. The van der Waals surface area contributed by atoms with Gasteiger partial charge in [0.25, 0.3) is 0 Å². The van der Waals surface area contributed by atoms with Crippen molar-refractivity contribution in [3.8, 4) is 5.75 Å². The average molecular weight is 228 g/mol. The molecule has 0 heterocycles. The van der Waals surface area contributed by atoms with Crippen LogP contribution in [0.1, 0.15) is 5.56 Å². The fourth-order valence-corrected chi connectivity index (χ4v) is 1.22. The first-order valence-corrected chi connectivity index (χ1v) is 4.35. The third-order valence-corrected chi connectivity index (χ3v) is 2.09. The van der Waals surface area contributed by atoms with Crippen LogP contribution in [0.15, 0.2) is 18.2 Å². The van der Waals surface area contributed by atoms with Crippen LogP contribution in [0.3, 0.4) is 0 Å². The van der Waals surface area contributed by atoms with E-state index in [4.69, 9.17) is 10.2 Å². The van der Waals surface area contributed by atoms with Crippen LogP contribution >= 0.6 is 0 Å². The molecule has 0 spiro atoms. The summed E-state index contributed by atoms with van der Waals surface area (Å²) in [6.07, 6.45) is -0.464. The minimum Gasteiger partial charge on any atom is -0.505 e. The summed E-state index contributed by atoms with van der Waals surface area (Å²) >= 11 is 0. The van der Waals surface area contributed by atoms with Crippen molar-refractivity contribution in [3.63, 3.8) is 0 Å². The summed E-state index contributed by atoms with van der Waals surface area (Å²) in [7, 11) is 0. The molecule has 0 radical (unpaired) electrons. The van der Waals surface area contributed by atoms with E-state index < -0.39 is 35.8 Å². The number of phenols is 1. The molecule has 3 N–H and O–H groups in total. The second kappa shape index (κ2) is 4.61. The summed E-state index contributed by atoms with van der Waals surface area (Å²) in [6.45, 7) is 0. The summed E-state index contributed by atoms with van der Waals surface area (Å²) in [4.78, 5) is 21.2. The Morgan fingerprint density at radius 3 is 2.31 bits per heavy atom. The molecular weight excluding hydrogens is 219 g/mol. The molecule has 1 aromatic carbocycles. The maximum absolute atomic E-state index is 12.9. The summed E-state index contributed by atoms with van der Waals surface area (Å²) < 4.78 is 12.9. The number of carboxylic acids is 2. The van der Waals surface area contributed by atoms with Crippen molar-refractivity contribution in [2.75, 3.05) is 0 Å². The first-order valence-electron chi connectivity index (χ1n) is 4.35. The van der Waals surface area contributed by atoms with Gasteiger partial charge >= 0.3 is 11.9 Å². The molecular formula is C10H9FO5. The first-order chi connectivity index (χ1) is 7.43. The first kappa shape index (κ1) is 12.0. The molecule has 0 unspecified atom stereocenters. The molecule has 16 heavy (non-hydrogen) atoms. The van der Waals surface area contributed by atoms with E-state index >= 15 is 0 Å². The van der Waals surface area contributed by atoms with Crippen LogP contribution in [0.5, 0.6) is 5.75 Å². The van der Waals surface area contributed by atoms with Crippen molar-refractivity contribution >= 4 is 11.9 Å². The molecule has 0 saturated heterocycles. The SMILES string of the molecule is O=C(O)C(Cc1cccc(F)c1O)C(=O)O. The van der Waals surface area contributed by atoms with Gasteiger partial charge in [-0.25, -0.2) is 4.39 Å². The Hall–Kier alpha value is -2.11. The lowest BCUT2D eigenvalue weighted by atomic mass is 9.99. The van der Waals surface area contributed by atoms with Crippen molar-refractivity contribution < 1.29 is 29.3 Å². The zero-order valence-corrected chi connectivity index (χ0v) is 8.05. The molecule has 1 rings (SSSR count). The van der Waals surface area contributed by atoms with Crippen LogP contribution in [-0.2, 0) is 16.0 Å². The quantitative estimate of drug-likeness (QED) is 0.664. The Kier molecular flexibility index (Phi) is 3.44. The number of aliphatic carboxylic acids is 2. The molecule has 0 aliphatic rings. The van der Waals surface area contributed by atoms with Gasteiger partial charge in [0.15, 0.2) is 17.5 Å². The van der Waals surface area contributed by atoms with Crippen molar-refractivity contribution in [1.82, 2.24) is 0 Å². The zero-order chi connectivity index (χ0) is 12.3. The Morgan fingerprint density at radius 2 is 1.81 bits per heavy atom. The van der Waals surface area contributed by atoms with E-state index in [9.17, 15) is 19.1 Å². The fourth-order valence-electron chi connectivity index (χ4n) is 1.22. The van der Waals surface area contributed by atoms with E-state index in [1.165, 1.54) is 12.1 Å². The van der Waals surface area contributed by atoms with Crippen molar-refractivity contribution in [2.24, 2.45) is 5.92 Å². The second-order valence-electron chi connectivity index (χ2n) is 3.18. The van der Waals surface area contributed by atoms with Gasteiger partial charge in [0, 0.05) is 6.42 Å². The second-order valence-corrected chi connectivity index (χ2v) is 3.18. The molecule has 6 heteroatoms. The lowest BCUT2D eigenvalue weighted by molar-refractivity contribution is -0.154. The lowest BCUT2D eigenvalue weighted by Gasteiger charge is -2.09. The average Bonchev–Trinajstić information content (AvgIpc) is 2.19. The van der Waals surface area contributed by atoms with Gasteiger partial charge in [0.2, 0.25) is 0 Å². The van der Waals surface area contributed by atoms with Crippen molar-refractivity contribution in [2.45, 2.75) is 6.42 Å². The summed E-state index contributed by atoms with van der Waals surface area (Å²) in [5.74, 6) is -6.39. The third-order valence-electron chi connectivity index (χ3n) is 2.09. The fraction of sp³-hybridized carbons (Fsp3) is 0.200. The molecule has 0 saturated carbocycles. The predicted octanol–water partition coefficient (Wildman–Crippen LogP) is 0.859. The lowest BCUT2D eigenvalue weighted by Crippen LogP contribution is -2.25. The number of hydrogen-bond donors (Lipinski definition) is 3. The third kappa shape index (κ3) is 2.47. The Bertz CT molecular complexity index is 415. The maximum Gasteiger partial charge on any atom is 0.318 e. The van der Waals surface area contributed by atoms with Crippen LogP contribution < -0.4 is 0 Å². The van der Waals surface area contributed by atoms with Crippen LogP contribution in [-0.4, -0.2) is 27.3 Å².